The summed E-state index contributed by atoms with van der Waals surface area (Å²) in [6.45, 7) is 1.57. The van der Waals surface area contributed by atoms with E-state index >= 15 is 0 Å². The number of para-hydroxylation sites is 1. The van der Waals surface area contributed by atoms with Crippen molar-refractivity contribution in [3.63, 3.8) is 0 Å². The van der Waals surface area contributed by atoms with Crippen LogP contribution in [0.1, 0.15) is 31.5 Å². The summed E-state index contributed by atoms with van der Waals surface area (Å²) < 4.78 is 1.69. The van der Waals surface area contributed by atoms with Gasteiger partial charge in [0.25, 0.3) is 5.56 Å². The summed E-state index contributed by atoms with van der Waals surface area (Å²) in [5, 5.41) is 14.5. The normalized spacial score (nSPS) is 18.9. The summed E-state index contributed by atoms with van der Waals surface area (Å²) >= 11 is 0. The number of hydrogen-bond donors (Lipinski definition) is 2. The maximum absolute atomic E-state index is 12.5. The summed E-state index contributed by atoms with van der Waals surface area (Å²) in [6.07, 6.45) is 5.94. The first-order valence-electron chi connectivity index (χ1n) is 9.13. The maximum atomic E-state index is 12.5. The van der Waals surface area contributed by atoms with E-state index in [1.165, 1.54) is 6.42 Å². The smallest absolute Gasteiger partial charge is 0.262 e. The zero-order valence-corrected chi connectivity index (χ0v) is 14.6. The van der Waals surface area contributed by atoms with Crippen LogP contribution in [0.5, 0.6) is 0 Å². The number of nitrogens with zero attached hydrogens (tertiary/aromatic N) is 4. The second-order valence-electron chi connectivity index (χ2n) is 6.80. The van der Waals surface area contributed by atoms with E-state index in [0.717, 1.165) is 31.5 Å². The Kier molecular flexibility index (Phi) is 4.81. The van der Waals surface area contributed by atoms with E-state index < -0.39 is 0 Å². The minimum absolute atomic E-state index is 0.123. The Morgan fingerprint density at radius 2 is 2.04 bits per heavy atom. The Hall–Kier alpha value is -2.51. The van der Waals surface area contributed by atoms with Crippen LogP contribution in [0.25, 0.3) is 16.7 Å². The molecule has 0 aliphatic carbocycles. The summed E-state index contributed by atoms with van der Waals surface area (Å²) in [7, 11) is 0. The zero-order chi connectivity index (χ0) is 17.9. The molecule has 0 amide bonds. The maximum Gasteiger partial charge on any atom is 0.262 e. The van der Waals surface area contributed by atoms with Gasteiger partial charge in [0.1, 0.15) is 11.2 Å². The molecule has 136 valence electrons. The molecule has 1 fully saturated rings. The minimum Gasteiger partial charge on any atom is -0.395 e. The van der Waals surface area contributed by atoms with Crippen molar-refractivity contribution >= 4 is 11.0 Å². The number of aliphatic hydroxyl groups excluding tert-OH is 1. The first-order chi connectivity index (χ1) is 12.8. The third-order valence-corrected chi connectivity index (χ3v) is 5.05. The molecule has 4 rings (SSSR count). The Morgan fingerprint density at radius 1 is 1.19 bits per heavy atom. The molecule has 0 bridgehead atoms. The van der Waals surface area contributed by atoms with Crippen molar-refractivity contribution in [2.45, 2.75) is 38.3 Å². The molecule has 7 heteroatoms. The van der Waals surface area contributed by atoms with Crippen molar-refractivity contribution < 1.29 is 5.11 Å². The van der Waals surface area contributed by atoms with Crippen LogP contribution in [0, 0.1) is 0 Å². The van der Waals surface area contributed by atoms with Crippen LogP contribution in [0.2, 0.25) is 0 Å². The molecule has 1 unspecified atom stereocenters. The van der Waals surface area contributed by atoms with Crippen molar-refractivity contribution in [3.05, 3.63) is 52.7 Å². The highest BCUT2D eigenvalue weighted by molar-refractivity contribution is 5.75. The van der Waals surface area contributed by atoms with E-state index in [1.807, 2.05) is 30.3 Å². The number of aliphatic hydroxyl groups is 1. The average molecular weight is 353 g/mol. The van der Waals surface area contributed by atoms with Crippen LogP contribution >= 0.6 is 0 Å². The lowest BCUT2D eigenvalue weighted by Gasteiger charge is -2.27. The molecule has 1 aliphatic rings. The van der Waals surface area contributed by atoms with Gasteiger partial charge in [0.05, 0.1) is 25.0 Å². The molecule has 0 radical (unpaired) electrons. The second kappa shape index (κ2) is 7.39. The number of nitrogens with one attached hydrogen (secondary N) is 1. The fraction of sp³-hybridized carbons (Fsp3) is 0.421. The highest BCUT2D eigenvalue weighted by atomic mass is 16.3. The van der Waals surface area contributed by atoms with E-state index in [2.05, 4.69) is 20.0 Å². The number of H-pyrrole nitrogens is 1. The molecule has 0 saturated carbocycles. The van der Waals surface area contributed by atoms with E-state index in [0.29, 0.717) is 23.4 Å². The largest absolute Gasteiger partial charge is 0.395 e. The molecule has 3 heterocycles. The number of benzene rings is 1. The summed E-state index contributed by atoms with van der Waals surface area (Å²) in [5.41, 5.74) is 1.25. The van der Waals surface area contributed by atoms with E-state index in [9.17, 15) is 9.90 Å². The molecular weight excluding hydrogens is 330 g/mol. The molecule has 3 aromatic rings. The lowest BCUT2D eigenvalue weighted by molar-refractivity contribution is 0.116. The molecule has 26 heavy (non-hydrogen) atoms. The molecule has 2 aromatic heterocycles. The van der Waals surface area contributed by atoms with Crippen molar-refractivity contribution in [3.8, 4) is 5.69 Å². The quantitative estimate of drug-likeness (QED) is 0.747. The van der Waals surface area contributed by atoms with Crippen molar-refractivity contribution in [1.82, 2.24) is 24.6 Å². The van der Waals surface area contributed by atoms with Gasteiger partial charge >= 0.3 is 0 Å². The SMILES string of the molecule is O=c1[nH]c(CN2CCCCCC2CO)nc2c1cnn2-c1ccccc1. The number of rotatable bonds is 4. The van der Waals surface area contributed by atoms with Gasteiger partial charge in [-0.25, -0.2) is 9.67 Å². The highest BCUT2D eigenvalue weighted by Gasteiger charge is 2.22. The molecule has 1 saturated heterocycles. The average Bonchev–Trinajstić information content (AvgIpc) is 2.96. The molecule has 1 aliphatic heterocycles. The van der Waals surface area contributed by atoms with Crippen LogP contribution in [0.15, 0.2) is 41.3 Å². The van der Waals surface area contributed by atoms with Crippen molar-refractivity contribution in [2.24, 2.45) is 0 Å². The van der Waals surface area contributed by atoms with Crippen LogP contribution in [0.4, 0.5) is 0 Å². The highest BCUT2D eigenvalue weighted by Crippen LogP contribution is 2.19. The van der Waals surface area contributed by atoms with Crippen LogP contribution in [0.3, 0.4) is 0 Å². The lowest BCUT2D eigenvalue weighted by atomic mass is 10.1. The molecular formula is C19H23N5O2. The van der Waals surface area contributed by atoms with Gasteiger partial charge in [-0.15, -0.1) is 0 Å². The number of aromatic nitrogens is 4. The molecule has 7 nitrogen and oxygen atoms in total. The molecule has 2 N–H and O–H groups in total. The molecule has 1 atom stereocenters. The monoisotopic (exact) mass is 353 g/mol. The van der Waals surface area contributed by atoms with Crippen molar-refractivity contribution in [2.75, 3.05) is 13.2 Å². The van der Waals surface area contributed by atoms with E-state index in [-0.39, 0.29) is 18.2 Å². The predicted molar refractivity (Wildman–Crippen MR) is 99.2 cm³/mol. The Labute approximate surface area is 151 Å². The first kappa shape index (κ1) is 16.9. The Bertz CT molecular complexity index is 934. The van der Waals surface area contributed by atoms with Gasteiger partial charge in [-0.3, -0.25) is 9.69 Å². The summed E-state index contributed by atoms with van der Waals surface area (Å²) in [5.74, 6) is 0.612. The third kappa shape index (κ3) is 3.27. The molecule has 1 aromatic carbocycles. The van der Waals surface area contributed by atoms with Gasteiger partial charge < -0.3 is 10.1 Å². The number of aromatic amines is 1. The second-order valence-corrected chi connectivity index (χ2v) is 6.80. The van der Waals surface area contributed by atoms with Crippen LogP contribution < -0.4 is 5.56 Å². The van der Waals surface area contributed by atoms with Gasteiger partial charge in [0.2, 0.25) is 0 Å². The minimum atomic E-state index is -0.178. The first-order valence-corrected chi connectivity index (χ1v) is 9.13. The predicted octanol–water partition coefficient (Wildman–Crippen LogP) is 1.85. The fourth-order valence-electron chi connectivity index (χ4n) is 3.64. The number of hydrogen-bond acceptors (Lipinski definition) is 5. The molecule has 0 spiro atoms. The topological polar surface area (TPSA) is 87.0 Å². The van der Waals surface area contributed by atoms with E-state index in [4.69, 9.17) is 0 Å². The van der Waals surface area contributed by atoms with Gasteiger partial charge in [0.15, 0.2) is 5.65 Å². The van der Waals surface area contributed by atoms with Crippen LogP contribution in [-0.2, 0) is 6.54 Å². The summed E-state index contributed by atoms with van der Waals surface area (Å²) in [6, 6.07) is 9.80. The zero-order valence-electron chi connectivity index (χ0n) is 14.6. The van der Waals surface area contributed by atoms with Gasteiger partial charge in [-0.05, 0) is 31.5 Å². The van der Waals surface area contributed by atoms with Gasteiger partial charge in [0, 0.05) is 6.04 Å². The van der Waals surface area contributed by atoms with Crippen molar-refractivity contribution in [1.29, 1.82) is 0 Å². The van der Waals surface area contributed by atoms with Crippen LogP contribution in [-0.4, -0.2) is 48.9 Å². The fourth-order valence-corrected chi connectivity index (χ4v) is 3.64. The third-order valence-electron chi connectivity index (χ3n) is 5.05. The number of fused-ring (bicyclic) bond motifs is 1. The Balaban J connectivity index is 1.71. The summed E-state index contributed by atoms with van der Waals surface area (Å²) in [4.78, 5) is 22.3. The lowest BCUT2D eigenvalue weighted by Crippen LogP contribution is -2.37. The van der Waals surface area contributed by atoms with Gasteiger partial charge in [-0.2, -0.15) is 5.10 Å². The Morgan fingerprint density at radius 3 is 2.85 bits per heavy atom. The van der Waals surface area contributed by atoms with Gasteiger partial charge in [-0.1, -0.05) is 31.0 Å². The van der Waals surface area contributed by atoms with E-state index in [1.54, 1.807) is 10.9 Å². The standard InChI is InChI=1S/C19H23N5O2/c25-13-15-9-5-2-6-10-23(15)12-17-21-18-16(19(26)22-17)11-20-24(18)14-7-3-1-4-8-14/h1,3-4,7-8,11,15,25H,2,5-6,9-10,12-13H2,(H,21,22,26). The number of likely N-dealkylation sites (tertiary alicyclic amines) is 1.